The van der Waals surface area contributed by atoms with Gasteiger partial charge in [-0.2, -0.15) is 0 Å². The number of benzene rings is 3. The Hall–Kier alpha value is -3.14. The number of aldehydes is 1. The number of hydrogen-bond acceptors (Lipinski definition) is 3. The SMILES string of the molecule is Cc1ccc(NC(=O)COc2ccc3ccccc3c2C=O)c(C)c1. The van der Waals surface area contributed by atoms with Gasteiger partial charge in [-0.25, -0.2) is 0 Å². The summed E-state index contributed by atoms with van der Waals surface area (Å²) >= 11 is 0. The van der Waals surface area contributed by atoms with Crippen molar-refractivity contribution in [1.29, 1.82) is 0 Å². The van der Waals surface area contributed by atoms with Gasteiger partial charge in [0.15, 0.2) is 12.9 Å². The number of ether oxygens (including phenoxy) is 1. The van der Waals surface area contributed by atoms with Crippen LogP contribution in [0, 0.1) is 13.8 Å². The van der Waals surface area contributed by atoms with Gasteiger partial charge in [0.25, 0.3) is 5.91 Å². The molecular formula is C21H19NO3. The highest BCUT2D eigenvalue weighted by molar-refractivity contribution is 6.01. The normalized spacial score (nSPS) is 10.5. The number of hydrogen-bond donors (Lipinski definition) is 1. The first-order valence-corrected chi connectivity index (χ1v) is 8.05. The van der Waals surface area contributed by atoms with E-state index < -0.39 is 0 Å². The van der Waals surface area contributed by atoms with Gasteiger partial charge < -0.3 is 10.1 Å². The van der Waals surface area contributed by atoms with Crippen LogP contribution in [0.25, 0.3) is 10.8 Å². The summed E-state index contributed by atoms with van der Waals surface area (Å²) in [6.07, 6.45) is 0.764. The summed E-state index contributed by atoms with van der Waals surface area (Å²) < 4.78 is 5.59. The minimum atomic E-state index is -0.267. The molecule has 3 rings (SSSR count). The van der Waals surface area contributed by atoms with Gasteiger partial charge in [0.2, 0.25) is 0 Å². The maximum atomic E-state index is 12.2. The van der Waals surface area contributed by atoms with Crippen molar-refractivity contribution >= 4 is 28.7 Å². The molecule has 0 atom stereocenters. The minimum absolute atomic E-state index is 0.160. The zero-order chi connectivity index (χ0) is 17.8. The average Bonchev–Trinajstić information content (AvgIpc) is 2.61. The molecule has 0 heterocycles. The minimum Gasteiger partial charge on any atom is -0.483 e. The Bertz CT molecular complexity index is 947. The fourth-order valence-corrected chi connectivity index (χ4v) is 2.81. The van der Waals surface area contributed by atoms with Gasteiger partial charge in [-0.05, 0) is 42.3 Å². The summed E-state index contributed by atoms with van der Waals surface area (Å²) in [5.41, 5.74) is 3.34. The maximum Gasteiger partial charge on any atom is 0.262 e. The molecule has 126 valence electrons. The van der Waals surface area contributed by atoms with Crippen molar-refractivity contribution in [3.63, 3.8) is 0 Å². The van der Waals surface area contributed by atoms with Gasteiger partial charge >= 0.3 is 0 Å². The van der Waals surface area contributed by atoms with Crippen LogP contribution in [0.3, 0.4) is 0 Å². The van der Waals surface area contributed by atoms with E-state index in [1.54, 1.807) is 6.07 Å². The molecule has 0 fully saturated rings. The molecule has 4 heteroatoms. The second-order valence-corrected chi connectivity index (χ2v) is 5.97. The zero-order valence-corrected chi connectivity index (χ0v) is 14.2. The molecule has 0 saturated carbocycles. The third-order valence-electron chi connectivity index (χ3n) is 4.06. The van der Waals surface area contributed by atoms with E-state index in [9.17, 15) is 9.59 Å². The Kier molecular flexibility index (Phi) is 4.80. The van der Waals surface area contributed by atoms with Crippen LogP contribution in [0.1, 0.15) is 21.5 Å². The molecule has 25 heavy (non-hydrogen) atoms. The molecule has 1 amide bonds. The first kappa shape index (κ1) is 16.7. The number of carbonyl (C=O) groups is 2. The molecule has 0 aliphatic heterocycles. The van der Waals surface area contributed by atoms with E-state index in [4.69, 9.17) is 4.74 Å². The predicted octanol–water partition coefficient (Wildman–Crippen LogP) is 4.29. The molecule has 0 saturated heterocycles. The quantitative estimate of drug-likeness (QED) is 0.709. The Morgan fingerprint density at radius 3 is 2.64 bits per heavy atom. The lowest BCUT2D eigenvalue weighted by atomic mass is 10.0. The first-order chi connectivity index (χ1) is 12.1. The molecule has 3 aromatic carbocycles. The van der Waals surface area contributed by atoms with Gasteiger partial charge in [0.05, 0.1) is 5.56 Å². The van der Waals surface area contributed by atoms with E-state index in [0.29, 0.717) is 11.3 Å². The number of nitrogens with one attached hydrogen (secondary N) is 1. The molecule has 0 aliphatic carbocycles. The van der Waals surface area contributed by atoms with E-state index in [1.807, 2.05) is 62.4 Å². The summed E-state index contributed by atoms with van der Waals surface area (Å²) in [5.74, 6) is 0.140. The third-order valence-corrected chi connectivity index (χ3v) is 4.06. The average molecular weight is 333 g/mol. The van der Waals surface area contributed by atoms with Crippen LogP contribution in [-0.4, -0.2) is 18.8 Å². The molecule has 4 nitrogen and oxygen atoms in total. The molecule has 0 aliphatic rings. The van der Waals surface area contributed by atoms with Crippen molar-refractivity contribution in [1.82, 2.24) is 0 Å². The smallest absolute Gasteiger partial charge is 0.262 e. The van der Waals surface area contributed by atoms with Crippen LogP contribution >= 0.6 is 0 Å². The van der Waals surface area contributed by atoms with Crippen LogP contribution in [-0.2, 0) is 4.79 Å². The van der Waals surface area contributed by atoms with Crippen molar-refractivity contribution in [2.75, 3.05) is 11.9 Å². The standard InChI is InChI=1S/C21H19NO3/c1-14-7-9-19(15(2)11-14)22-21(24)13-25-20-10-8-16-5-3-4-6-17(16)18(20)12-23/h3-12H,13H2,1-2H3,(H,22,24). The fourth-order valence-electron chi connectivity index (χ4n) is 2.81. The summed E-state index contributed by atoms with van der Waals surface area (Å²) in [4.78, 5) is 23.6. The number of fused-ring (bicyclic) bond motifs is 1. The highest BCUT2D eigenvalue weighted by Crippen LogP contribution is 2.26. The molecule has 0 aromatic heterocycles. The maximum absolute atomic E-state index is 12.2. The molecular weight excluding hydrogens is 314 g/mol. The summed E-state index contributed by atoms with van der Waals surface area (Å²) in [5, 5.41) is 4.60. The van der Waals surface area contributed by atoms with Gasteiger partial charge in [-0.15, -0.1) is 0 Å². The van der Waals surface area contributed by atoms with E-state index >= 15 is 0 Å². The second-order valence-electron chi connectivity index (χ2n) is 5.97. The Morgan fingerprint density at radius 2 is 1.88 bits per heavy atom. The van der Waals surface area contributed by atoms with E-state index in [-0.39, 0.29) is 12.5 Å². The number of amides is 1. The zero-order valence-electron chi connectivity index (χ0n) is 14.2. The van der Waals surface area contributed by atoms with Gasteiger partial charge in [0.1, 0.15) is 5.75 Å². The van der Waals surface area contributed by atoms with Crippen molar-refractivity contribution in [2.45, 2.75) is 13.8 Å². The molecule has 0 bridgehead atoms. The topological polar surface area (TPSA) is 55.4 Å². The van der Waals surface area contributed by atoms with Crippen LogP contribution in [0.2, 0.25) is 0 Å². The first-order valence-electron chi connectivity index (χ1n) is 8.05. The molecule has 0 unspecified atom stereocenters. The Balaban J connectivity index is 1.74. The number of anilines is 1. The van der Waals surface area contributed by atoms with Crippen molar-refractivity contribution in [2.24, 2.45) is 0 Å². The number of aryl methyl sites for hydroxylation is 2. The monoisotopic (exact) mass is 333 g/mol. The third kappa shape index (κ3) is 3.69. The highest BCUT2D eigenvalue weighted by Gasteiger charge is 2.11. The van der Waals surface area contributed by atoms with E-state index in [0.717, 1.165) is 33.9 Å². The highest BCUT2D eigenvalue weighted by atomic mass is 16.5. The summed E-state index contributed by atoms with van der Waals surface area (Å²) in [6, 6.07) is 17.0. The van der Waals surface area contributed by atoms with Crippen molar-refractivity contribution in [3.05, 3.63) is 71.3 Å². The summed E-state index contributed by atoms with van der Waals surface area (Å²) in [7, 11) is 0. The van der Waals surface area contributed by atoms with Crippen LogP contribution in [0.15, 0.2) is 54.6 Å². The molecule has 3 aromatic rings. The van der Waals surface area contributed by atoms with Crippen molar-refractivity contribution in [3.8, 4) is 5.75 Å². The van der Waals surface area contributed by atoms with Crippen LogP contribution in [0.5, 0.6) is 5.75 Å². The lowest BCUT2D eigenvalue weighted by Crippen LogP contribution is -2.21. The lowest BCUT2D eigenvalue weighted by Gasteiger charge is -2.12. The number of rotatable bonds is 5. The van der Waals surface area contributed by atoms with E-state index in [2.05, 4.69) is 5.32 Å². The molecule has 0 spiro atoms. The van der Waals surface area contributed by atoms with Crippen molar-refractivity contribution < 1.29 is 14.3 Å². The van der Waals surface area contributed by atoms with Crippen LogP contribution < -0.4 is 10.1 Å². The fraction of sp³-hybridized carbons (Fsp3) is 0.143. The Labute approximate surface area is 146 Å². The largest absolute Gasteiger partial charge is 0.483 e. The predicted molar refractivity (Wildman–Crippen MR) is 99.4 cm³/mol. The van der Waals surface area contributed by atoms with E-state index in [1.165, 1.54) is 0 Å². The second kappa shape index (κ2) is 7.18. The van der Waals surface area contributed by atoms with Gasteiger partial charge in [0, 0.05) is 5.69 Å². The lowest BCUT2D eigenvalue weighted by molar-refractivity contribution is -0.118. The van der Waals surface area contributed by atoms with Gasteiger partial charge in [-0.3, -0.25) is 9.59 Å². The molecule has 0 radical (unpaired) electrons. The summed E-state index contributed by atoms with van der Waals surface area (Å²) in [6.45, 7) is 3.78. The molecule has 1 N–H and O–H groups in total. The number of carbonyl (C=O) groups excluding carboxylic acids is 2. The Morgan fingerprint density at radius 1 is 1.08 bits per heavy atom. The van der Waals surface area contributed by atoms with Gasteiger partial charge in [-0.1, -0.05) is 48.0 Å². The van der Waals surface area contributed by atoms with Crippen LogP contribution in [0.4, 0.5) is 5.69 Å².